The van der Waals surface area contributed by atoms with Crippen LogP contribution in [0.3, 0.4) is 0 Å². The Bertz CT molecular complexity index is 724. The number of hydrogen-bond donors (Lipinski definition) is 2. The molecule has 2 rings (SSSR count). The first-order valence-corrected chi connectivity index (χ1v) is 8.34. The summed E-state index contributed by atoms with van der Waals surface area (Å²) in [4.78, 5) is 25.9. The summed E-state index contributed by atoms with van der Waals surface area (Å²) in [7, 11) is 5.37. The van der Waals surface area contributed by atoms with Crippen molar-refractivity contribution in [3.05, 3.63) is 65.2 Å². The molecule has 2 N–H and O–H groups in total. The molecule has 2 amide bonds. The Morgan fingerprint density at radius 2 is 1.68 bits per heavy atom. The van der Waals surface area contributed by atoms with Crippen LogP contribution in [0.4, 0.5) is 5.69 Å². The van der Waals surface area contributed by atoms with Gasteiger partial charge in [-0.3, -0.25) is 9.59 Å². The van der Waals surface area contributed by atoms with Gasteiger partial charge in [0.2, 0.25) is 5.91 Å². The van der Waals surface area contributed by atoms with Crippen LogP contribution in [0.2, 0.25) is 0 Å². The number of nitrogens with zero attached hydrogens (tertiary/aromatic N) is 1. The van der Waals surface area contributed by atoms with Gasteiger partial charge in [0.25, 0.3) is 5.91 Å². The van der Waals surface area contributed by atoms with Gasteiger partial charge in [-0.2, -0.15) is 0 Å². The molecule has 2 aromatic rings. The van der Waals surface area contributed by atoms with Crippen molar-refractivity contribution >= 4 is 17.5 Å². The molecule has 0 aliphatic carbocycles. The molecule has 0 bridgehead atoms. The quantitative estimate of drug-likeness (QED) is 0.814. The molecule has 0 aliphatic heterocycles. The molecule has 132 valence electrons. The predicted molar refractivity (Wildman–Crippen MR) is 101 cm³/mol. The van der Waals surface area contributed by atoms with Crippen molar-refractivity contribution in [2.75, 3.05) is 33.0 Å². The second-order valence-corrected chi connectivity index (χ2v) is 6.13. The van der Waals surface area contributed by atoms with E-state index in [0.29, 0.717) is 12.0 Å². The first kappa shape index (κ1) is 18.7. The van der Waals surface area contributed by atoms with E-state index < -0.39 is 0 Å². The maximum atomic E-state index is 12.6. The number of carbonyl (C=O) groups excluding carboxylic acids is 2. The van der Waals surface area contributed by atoms with Crippen LogP contribution < -0.4 is 10.6 Å². The Labute approximate surface area is 149 Å². The third-order valence-corrected chi connectivity index (χ3v) is 3.97. The molecule has 25 heavy (non-hydrogen) atoms. The SMILES string of the molecule is CNCCc1ccccc1C(=O)Nc1ccc(CC(=O)N(C)C)cc1. The van der Waals surface area contributed by atoms with Crippen molar-refractivity contribution in [2.24, 2.45) is 0 Å². The standard InChI is InChI=1S/C20H25N3O2/c1-21-13-12-16-6-4-5-7-18(16)20(25)22-17-10-8-15(9-11-17)14-19(24)23(2)3/h4-11,21H,12-14H2,1-3H3,(H,22,25). The molecule has 0 aliphatic rings. The minimum atomic E-state index is -0.121. The van der Waals surface area contributed by atoms with Gasteiger partial charge in [-0.1, -0.05) is 30.3 Å². The highest BCUT2D eigenvalue weighted by molar-refractivity contribution is 6.05. The maximum Gasteiger partial charge on any atom is 0.255 e. The second-order valence-electron chi connectivity index (χ2n) is 6.13. The fourth-order valence-corrected chi connectivity index (χ4v) is 2.46. The fraction of sp³-hybridized carbons (Fsp3) is 0.300. The largest absolute Gasteiger partial charge is 0.349 e. The van der Waals surface area contributed by atoms with Gasteiger partial charge in [0.1, 0.15) is 0 Å². The molecule has 5 nitrogen and oxygen atoms in total. The van der Waals surface area contributed by atoms with Crippen LogP contribution in [0.15, 0.2) is 48.5 Å². The molecule has 0 radical (unpaired) electrons. The third-order valence-electron chi connectivity index (χ3n) is 3.97. The molecule has 0 heterocycles. The Hall–Kier alpha value is -2.66. The highest BCUT2D eigenvalue weighted by Crippen LogP contribution is 2.15. The molecule has 0 atom stereocenters. The topological polar surface area (TPSA) is 61.4 Å². The molecular formula is C20H25N3O2. The monoisotopic (exact) mass is 339 g/mol. The average Bonchev–Trinajstić information content (AvgIpc) is 2.61. The fourth-order valence-electron chi connectivity index (χ4n) is 2.46. The number of carbonyl (C=O) groups is 2. The number of anilines is 1. The number of hydrogen-bond acceptors (Lipinski definition) is 3. The van der Waals surface area contributed by atoms with Crippen molar-refractivity contribution in [2.45, 2.75) is 12.8 Å². The van der Waals surface area contributed by atoms with Crippen LogP contribution >= 0.6 is 0 Å². The summed E-state index contributed by atoms with van der Waals surface area (Å²) < 4.78 is 0. The van der Waals surface area contributed by atoms with Crippen molar-refractivity contribution in [1.29, 1.82) is 0 Å². The summed E-state index contributed by atoms with van der Waals surface area (Å²) in [5.74, 6) is -0.0703. The van der Waals surface area contributed by atoms with Gasteiger partial charge in [-0.05, 0) is 49.3 Å². The number of rotatable bonds is 7. The summed E-state index contributed by atoms with van der Waals surface area (Å²) in [5.41, 5.74) is 3.34. The number of amides is 2. The van der Waals surface area contributed by atoms with Gasteiger partial charge < -0.3 is 15.5 Å². The van der Waals surface area contributed by atoms with E-state index in [-0.39, 0.29) is 11.8 Å². The number of likely N-dealkylation sites (N-methyl/N-ethyl adjacent to an activating group) is 2. The molecule has 0 aromatic heterocycles. The molecule has 0 saturated carbocycles. The van der Waals surface area contributed by atoms with Crippen molar-refractivity contribution < 1.29 is 9.59 Å². The molecule has 0 unspecified atom stereocenters. The van der Waals surface area contributed by atoms with E-state index >= 15 is 0 Å². The summed E-state index contributed by atoms with van der Waals surface area (Å²) in [5, 5.41) is 6.02. The van der Waals surface area contributed by atoms with Gasteiger partial charge in [0.15, 0.2) is 0 Å². The highest BCUT2D eigenvalue weighted by Gasteiger charge is 2.11. The Balaban J connectivity index is 2.05. The molecule has 0 saturated heterocycles. The Morgan fingerprint density at radius 3 is 2.32 bits per heavy atom. The van der Waals surface area contributed by atoms with Crippen LogP contribution in [-0.4, -0.2) is 44.4 Å². The second kappa shape index (κ2) is 8.99. The van der Waals surface area contributed by atoms with Gasteiger partial charge in [-0.25, -0.2) is 0 Å². The molecule has 5 heteroatoms. The lowest BCUT2D eigenvalue weighted by molar-refractivity contribution is -0.127. The Morgan fingerprint density at radius 1 is 1.00 bits per heavy atom. The smallest absolute Gasteiger partial charge is 0.255 e. The maximum absolute atomic E-state index is 12.6. The highest BCUT2D eigenvalue weighted by atomic mass is 16.2. The number of nitrogens with one attached hydrogen (secondary N) is 2. The van der Waals surface area contributed by atoms with Crippen LogP contribution in [0.25, 0.3) is 0 Å². The molecular weight excluding hydrogens is 314 g/mol. The molecule has 0 fully saturated rings. The summed E-state index contributed by atoms with van der Waals surface area (Å²) in [6.07, 6.45) is 1.15. The minimum absolute atomic E-state index is 0.0512. The van der Waals surface area contributed by atoms with Gasteiger partial charge in [0, 0.05) is 25.3 Å². The third kappa shape index (κ3) is 5.43. The van der Waals surface area contributed by atoms with Gasteiger partial charge >= 0.3 is 0 Å². The molecule has 2 aromatic carbocycles. The first-order valence-electron chi connectivity index (χ1n) is 8.34. The minimum Gasteiger partial charge on any atom is -0.349 e. The van der Waals surface area contributed by atoms with Crippen LogP contribution in [0.5, 0.6) is 0 Å². The van der Waals surface area contributed by atoms with E-state index in [2.05, 4.69) is 10.6 Å². The van der Waals surface area contributed by atoms with E-state index in [1.54, 1.807) is 19.0 Å². The van der Waals surface area contributed by atoms with E-state index in [1.807, 2.05) is 55.6 Å². The zero-order valence-corrected chi connectivity index (χ0v) is 15.0. The average molecular weight is 339 g/mol. The van der Waals surface area contributed by atoms with Gasteiger partial charge in [-0.15, -0.1) is 0 Å². The van der Waals surface area contributed by atoms with E-state index in [0.717, 1.165) is 29.8 Å². The van der Waals surface area contributed by atoms with Gasteiger partial charge in [0.05, 0.1) is 6.42 Å². The lowest BCUT2D eigenvalue weighted by atomic mass is 10.0. The molecule has 0 spiro atoms. The normalized spacial score (nSPS) is 10.4. The first-order chi connectivity index (χ1) is 12.0. The summed E-state index contributed by atoms with van der Waals surface area (Å²) >= 11 is 0. The van der Waals surface area contributed by atoms with E-state index in [1.165, 1.54) is 0 Å². The summed E-state index contributed by atoms with van der Waals surface area (Å²) in [6, 6.07) is 15.0. The lowest BCUT2D eigenvalue weighted by Crippen LogP contribution is -2.23. The zero-order valence-electron chi connectivity index (χ0n) is 15.0. The van der Waals surface area contributed by atoms with E-state index in [9.17, 15) is 9.59 Å². The van der Waals surface area contributed by atoms with Crippen LogP contribution in [-0.2, 0) is 17.6 Å². The predicted octanol–water partition coefficient (Wildman–Crippen LogP) is 2.33. The number of benzene rings is 2. The zero-order chi connectivity index (χ0) is 18.2. The Kier molecular flexibility index (Phi) is 6.71. The van der Waals surface area contributed by atoms with Crippen LogP contribution in [0, 0.1) is 0 Å². The van der Waals surface area contributed by atoms with Crippen molar-refractivity contribution in [3.63, 3.8) is 0 Å². The van der Waals surface area contributed by atoms with Crippen molar-refractivity contribution in [3.8, 4) is 0 Å². The lowest BCUT2D eigenvalue weighted by Gasteiger charge is -2.12. The van der Waals surface area contributed by atoms with Crippen LogP contribution in [0.1, 0.15) is 21.5 Å². The van der Waals surface area contributed by atoms with E-state index in [4.69, 9.17) is 0 Å². The summed E-state index contributed by atoms with van der Waals surface area (Å²) in [6.45, 7) is 0.818. The van der Waals surface area contributed by atoms with Crippen molar-refractivity contribution in [1.82, 2.24) is 10.2 Å².